The van der Waals surface area contributed by atoms with Gasteiger partial charge in [0, 0.05) is 19.2 Å². The molecule has 2 unspecified atom stereocenters. The third kappa shape index (κ3) is 3.86. The predicted octanol–water partition coefficient (Wildman–Crippen LogP) is 4.59. The lowest BCUT2D eigenvalue weighted by Crippen LogP contribution is -2.45. The molecule has 0 spiro atoms. The molecule has 1 fully saturated rings. The van der Waals surface area contributed by atoms with Gasteiger partial charge in [-0.3, -0.25) is 9.69 Å². The Morgan fingerprint density at radius 3 is 2.64 bits per heavy atom. The molecule has 4 rings (SSSR count). The minimum Gasteiger partial charge on any atom is -0.484 e. The van der Waals surface area contributed by atoms with Crippen LogP contribution in [0.1, 0.15) is 30.0 Å². The van der Waals surface area contributed by atoms with E-state index in [1.807, 2.05) is 11.9 Å². The smallest absolute Gasteiger partial charge is 0.260 e. The van der Waals surface area contributed by atoms with Gasteiger partial charge in [-0.2, -0.15) is 0 Å². The zero-order chi connectivity index (χ0) is 19.7. The van der Waals surface area contributed by atoms with E-state index in [1.165, 1.54) is 24.0 Å². The van der Waals surface area contributed by atoms with Crippen LogP contribution in [-0.4, -0.2) is 48.5 Å². The van der Waals surface area contributed by atoms with Gasteiger partial charge < -0.3 is 9.64 Å². The molecular formula is C22H24Cl2N2O2. The lowest BCUT2D eigenvalue weighted by Gasteiger charge is -2.35. The molecule has 1 heterocycles. The number of rotatable bonds is 5. The van der Waals surface area contributed by atoms with Gasteiger partial charge in [-0.05, 0) is 55.6 Å². The maximum Gasteiger partial charge on any atom is 0.260 e. The van der Waals surface area contributed by atoms with Crippen molar-refractivity contribution in [1.29, 1.82) is 0 Å². The Labute approximate surface area is 176 Å². The highest BCUT2D eigenvalue weighted by molar-refractivity contribution is 6.42. The van der Waals surface area contributed by atoms with E-state index in [4.69, 9.17) is 27.9 Å². The number of nitrogens with zero attached hydrogens (tertiary/aromatic N) is 2. The molecule has 1 aliphatic carbocycles. The van der Waals surface area contributed by atoms with E-state index in [0.29, 0.717) is 21.8 Å². The average molecular weight is 419 g/mol. The predicted molar refractivity (Wildman–Crippen MR) is 112 cm³/mol. The van der Waals surface area contributed by atoms with Crippen molar-refractivity contribution in [3.8, 4) is 5.75 Å². The van der Waals surface area contributed by atoms with E-state index in [0.717, 1.165) is 19.5 Å². The van der Waals surface area contributed by atoms with Crippen molar-refractivity contribution in [3.63, 3.8) is 0 Å². The van der Waals surface area contributed by atoms with Gasteiger partial charge in [0.25, 0.3) is 5.91 Å². The first kappa shape index (κ1) is 19.6. The number of hydrogen-bond acceptors (Lipinski definition) is 3. The number of likely N-dealkylation sites (tertiary alicyclic amines) is 1. The standard InChI is InChI=1S/C22H24Cl2N2O2/c1-25(21(27)14-28-16-8-9-18(23)19(24)13-16)22-17-7-3-2-6-15(17)12-20(22)26-10-4-5-11-26/h2-3,6-9,13,20,22H,4-5,10-12,14H2,1H3. The van der Waals surface area contributed by atoms with E-state index in [2.05, 4.69) is 29.2 Å². The van der Waals surface area contributed by atoms with Crippen LogP contribution in [-0.2, 0) is 11.2 Å². The van der Waals surface area contributed by atoms with Crippen LogP contribution in [0.25, 0.3) is 0 Å². The zero-order valence-corrected chi connectivity index (χ0v) is 17.4. The van der Waals surface area contributed by atoms with Gasteiger partial charge in [0.15, 0.2) is 6.61 Å². The number of likely N-dealkylation sites (N-methyl/N-ethyl adjacent to an activating group) is 1. The molecule has 0 bridgehead atoms. The largest absolute Gasteiger partial charge is 0.484 e. The lowest BCUT2D eigenvalue weighted by molar-refractivity contribution is -0.135. The Morgan fingerprint density at radius 2 is 1.89 bits per heavy atom. The highest BCUT2D eigenvalue weighted by atomic mass is 35.5. The van der Waals surface area contributed by atoms with Gasteiger partial charge in [0.05, 0.1) is 16.1 Å². The molecule has 28 heavy (non-hydrogen) atoms. The van der Waals surface area contributed by atoms with E-state index >= 15 is 0 Å². The van der Waals surface area contributed by atoms with Gasteiger partial charge in [-0.15, -0.1) is 0 Å². The topological polar surface area (TPSA) is 32.8 Å². The molecule has 2 aromatic rings. The second-order valence-electron chi connectivity index (χ2n) is 7.53. The second-order valence-corrected chi connectivity index (χ2v) is 8.34. The number of carbonyl (C=O) groups excluding carboxylic acids is 1. The maximum absolute atomic E-state index is 12.9. The number of fused-ring (bicyclic) bond motifs is 1. The van der Waals surface area contributed by atoms with Crippen LogP contribution in [0.5, 0.6) is 5.75 Å². The monoisotopic (exact) mass is 418 g/mol. The summed E-state index contributed by atoms with van der Waals surface area (Å²) in [6.07, 6.45) is 3.46. The van der Waals surface area contributed by atoms with Crippen molar-refractivity contribution in [1.82, 2.24) is 9.80 Å². The van der Waals surface area contributed by atoms with E-state index in [1.54, 1.807) is 18.2 Å². The molecule has 1 amide bonds. The molecular weight excluding hydrogens is 395 g/mol. The number of amides is 1. The Hall–Kier alpha value is -1.75. The first-order valence-electron chi connectivity index (χ1n) is 9.70. The third-order valence-corrected chi connectivity index (χ3v) is 6.58. The summed E-state index contributed by atoms with van der Waals surface area (Å²) < 4.78 is 5.69. The van der Waals surface area contributed by atoms with E-state index < -0.39 is 0 Å². The van der Waals surface area contributed by atoms with Gasteiger partial charge in [-0.1, -0.05) is 47.5 Å². The van der Waals surface area contributed by atoms with Crippen molar-refractivity contribution >= 4 is 29.1 Å². The van der Waals surface area contributed by atoms with Crippen molar-refractivity contribution < 1.29 is 9.53 Å². The quantitative estimate of drug-likeness (QED) is 0.711. The maximum atomic E-state index is 12.9. The number of carbonyl (C=O) groups is 1. The van der Waals surface area contributed by atoms with E-state index in [-0.39, 0.29) is 18.6 Å². The molecule has 0 N–H and O–H groups in total. The van der Waals surface area contributed by atoms with Crippen molar-refractivity contribution in [2.75, 3.05) is 26.7 Å². The van der Waals surface area contributed by atoms with Crippen LogP contribution in [0.15, 0.2) is 42.5 Å². The van der Waals surface area contributed by atoms with Gasteiger partial charge >= 0.3 is 0 Å². The first-order chi connectivity index (χ1) is 13.5. The van der Waals surface area contributed by atoms with Crippen molar-refractivity contribution in [3.05, 3.63) is 63.6 Å². The summed E-state index contributed by atoms with van der Waals surface area (Å²) >= 11 is 12.0. The van der Waals surface area contributed by atoms with Gasteiger partial charge in [-0.25, -0.2) is 0 Å². The van der Waals surface area contributed by atoms with Gasteiger partial charge in [0.1, 0.15) is 5.75 Å². The highest BCUT2D eigenvalue weighted by Crippen LogP contribution is 2.39. The first-order valence-corrected chi connectivity index (χ1v) is 10.5. The molecule has 148 valence electrons. The van der Waals surface area contributed by atoms with Crippen LogP contribution in [0.4, 0.5) is 0 Å². The third-order valence-electron chi connectivity index (χ3n) is 5.84. The summed E-state index contributed by atoms with van der Waals surface area (Å²) in [7, 11) is 1.89. The van der Waals surface area contributed by atoms with Crippen LogP contribution >= 0.6 is 23.2 Å². The molecule has 0 aromatic heterocycles. The van der Waals surface area contributed by atoms with Gasteiger partial charge in [0.2, 0.25) is 0 Å². The Bertz CT molecular complexity index is 867. The van der Waals surface area contributed by atoms with Crippen LogP contribution in [0.2, 0.25) is 10.0 Å². The van der Waals surface area contributed by atoms with Crippen molar-refractivity contribution in [2.45, 2.75) is 31.3 Å². The van der Waals surface area contributed by atoms with Crippen LogP contribution in [0.3, 0.4) is 0 Å². The Kier molecular flexibility index (Phi) is 5.81. The Morgan fingerprint density at radius 1 is 1.14 bits per heavy atom. The molecule has 1 aliphatic heterocycles. The molecule has 0 radical (unpaired) electrons. The molecule has 4 nitrogen and oxygen atoms in total. The molecule has 1 saturated heterocycles. The fraction of sp³-hybridized carbons (Fsp3) is 0.409. The fourth-order valence-corrected chi connectivity index (χ4v) is 4.68. The molecule has 6 heteroatoms. The molecule has 2 aliphatic rings. The zero-order valence-electron chi connectivity index (χ0n) is 15.9. The summed E-state index contributed by atoms with van der Waals surface area (Å²) in [4.78, 5) is 17.3. The summed E-state index contributed by atoms with van der Waals surface area (Å²) in [6, 6.07) is 13.9. The number of hydrogen-bond donors (Lipinski definition) is 0. The minimum absolute atomic E-state index is 0.0279. The Balaban J connectivity index is 1.49. The lowest BCUT2D eigenvalue weighted by atomic mass is 10.0. The minimum atomic E-state index is -0.0445. The second kappa shape index (κ2) is 8.32. The summed E-state index contributed by atoms with van der Waals surface area (Å²) in [5, 5.41) is 0.882. The number of halogens is 2. The summed E-state index contributed by atoms with van der Waals surface area (Å²) in [5.74, 6) is 0.496. The number of benzene rings is 2. The average Bonchev–Trinajstić information content (AvgIpc) is 3.35. The SMILES string of the molecule is CN(C(=O)COc1ccc(Cl)c(Cl)c1)C1c2ccccc2CC1N1CCCC1. The van der Waals surface area contributed by atoms with Crippen LogP contribution < -0.4 is 4.74 Å². The van der Waals surface area contributed by atoms with E-state index in [9.17, 15) is 4.79 Å². The van der Waals surface area contributed by atoms with Crippen molar-refractivity contribution in [2.24, 2.45) is 0 Å². The molecule has 2 atom stereocenters. The molecule has 2 aromatic carbocycles. The molecule has 0 saturated carbocycles. The van der Waals surface area contributed by atoms with Crippen LogP contribution in [0, 0.1) is 0 Å². The normalized spacial score (nSPS) is 21.5. The highest BCUT2D eigenvalue weighted by Gasteiger charge is 2.40. The fourth-order valence-electron chi connectivity index (χ4n) is 4.39. The summed E-state index contributed by atoms with van der Waals surface area (Å²) in [6.45, 7) is 2.19. The number of ether oxygens (including phenoxy) is 1. The summed E-state index contributed by atoms with van der Waals surface area (Å²) in [5.41, 5.74) is 2.60.